The molecule has 2 heterocycles. The molecular weight excluding hydrogens is 429 g/mol. The van der Waals surface area contributed by atoms with Gasteiger partial charge in [0.2, 0.25) is 0 Å². The number of aliphatic hydroxyl groups excluding tert-OH is 1. The summed E-state index contributed by atoms with van der Waals surface area (Å²) in [4.78, 5) is 14.0. The Bertz CT molecular complexity index is 995. The number of hydrogen-bond donors (Lipinski definition) is 2. The zero-order chi connectivity index (χ0) is 23.8. The molecule has 1 saturated heterocycles. The van der Waals surface area contributed by atoms with Crippen molar-refractivity contribution in [3.05, 3.63) is 59.4 Å². The van der Waals surface area contributed by atoms with Crippen LogP contribution in [0.15, 0.2) is 42.5 Å². The van der Waals surface area contributed by atoms with Crippen LogP contribution in [0.25, 0.3) is 0 Å². The molecule has 2 N–H and O–H groups in total. The lowest BCUT2D eigenvalue weighted by molar-refractivity contribution is -0.0665. The number of carbonyl (C=O) groups is 1. The van der Waals surface area contributed by atoms with Gasteiger partial charge in [0.25, 0.3) is 0 Å². The van der Waals surface area contributed by atoms with Crippen molar-refractivity contribution in [1.29, 1.82) is 0 Å². The quantitative estimate of drug-likeness (QED) is 0.531. The first-order chi connectivity index (χ1) is 15.5. The highest BCUT2D eigenvalue weighted by molar-refractivity contribution is 5.65. The van der Waals surface area contributed by atoms with Crippen molar-refractivity contribution in [1.82, 2.24) is 4.90 Å². The van der Waals surface area contributed by atoms with Gasteiger partial charge >= 0.3 is 6.16 Å². The van der Waals surface area contributed by atoms with Crippen LogP contribution in [0.1, 0.15) is 50.8 Å². The van der Waals surface area contributed by atoms with Gasteiger partial charge in [-0.05, 0) is 63.4 Å². The highest BCUT2D eigenvalue weighted by atomic mass is 19.1. The fourth-order valence-corrected chi connectivity index (χ4v) is 4.37. The van der Waals surface area contributed by atoms with Gasteiger partial charge in [0.1, 0.15) is 35.6 Å². The molecule has 8 heteroatoms. The van der Waals surface area contributed by atoms with Crippen LogP contribution >= 0.6 is 0 Å². The van der Waals surface area contributed by atoms with E-state index in [1.807, 2.05) is 0 Å². The van der Waals surface area contributed by atoms with Crippen LogP contribution in [0.4, 0.5) is 9.18 Å². The Labute approximate surface area is 192 Å². The van der Waals surface area contributed by atoms with Crippen molar-refractivity contribution in [3.63, 3.8) is 0 Å². The number of hydrogen-bond acceptors (Lipinski definition) is 7. The largest absolute Gasteiger partial charge is 0.514 e. The molecule has 0 radical (unpaired) electrons. The maximum Gasteiger partial charge on any atom is 0.514 e. The highest BCUT2D eigenvalue weighted by Crippen LogP contribution is 2.40. The molecule has 33 heavy (non-hydrogen) atoms. The van der Waals surface area contributed by atoms with Gasteiger partial charge in [0.05, 0.1) is 11.6 Å². The SMILES string of the molecule is CC(C)(C)OC(=O)Oc1ccc2c(c1)OC[C@@H](N1CCC(O)(c3ccc(F)cc3)CC1)[C@H]2O. The van der Waals surface area contributed by atoms with Gasteiger partial charge in [-0.1, -0.05) is 12.1 Å². The minimum Gasteiger partial charge on any atom is -0.491 e. The standard InChI is InChI=1S/C25H30FNO6/c1-24(2,3)33-23(29)32-18-8-9-19-21(14-18)31-15-20(22(19)28)27-12-10-25(30,11-13-27)16-4-6-17(26)7-5-16/h4-9,14,20,22,28,30H,10-13,15H2,1-3H3/t20-,22+/m1/s1. The van der Waals surface area contributed by atoms with Gasteiger partial charge in [-0.2, -0.15) is 0 Å². The first-order valence-electron chi connectivity index (χ1n) is 11.1. The number of rotatable bonds is 3. The van der Waals surface area contributed by atoms with Crippen molar-refractivity contribution in [2.24, 2.45) is 0 Å². The van der Waals surface area contributed by atoms with Gasteiger partial charge in [0, 0.05) is 24.7 Å². The molecule has 0 bridgehead atoms. The molecule has 178 valence electrons. The van der Waals surface area contributed by atoms with Gasteiger partial charge in [-0.15, -0.1) is 0 Å². The summed E-state index contributed by atoms with van der Waals surface area (Å²) in [6.45, 7) is 6.65. The second-order valence-corrected chi connectivity index (χ2v) is 9.66. The lowest BCUT2D eigenvalue weighted by Gasteiger charge is -2.44. The van der Waals surface area contributed by atoms with Crippen LogP contribution in [0.2, 0.25) is 0 Å². The van der Waals surface area contributed by atoms with E-state index in [2.05, 4.69) is 4.90 Å². The zero-order valence-corrected chi connectivity index (χ0v) is 19.1. The molecule has 4 rings (SSSR count). The molecule has 2 aliphatic heterocycles. The second kappa shape index (κ2) is 8.93. The molecular formula is C25H30FNO6. The first kappa shape index (κ1) is 23.5. The van der Waals surface area contributed by atoms with Crippen molar-refractivity contribution < 1.29 is 33.6 Å². The van der Waals surface area contributed by atoms with Crippen molar-refractivity contribution in [3.8, 4) is 11.5 Å². The Balaban J connectivity index is 1.40. The van der Waals surface area contributed by atoms with Gasteiger partial charge < -0.3 is 24.4 Å². The Kier molecular flexibility index (Phi) is 6.35. The van der Waals surface area contributed by atoms with Crippen LogP contribution in [0.5, 0.6) is 11.5 Å². The topological polar surface area (TPSA) is 88.5 Å². The van der Waals surface area contributed by atoms with Crippen molar-refractivity contribution in [2.75, 3.05) is 19.7 Å². The molecule has 2 aromatic rings. The molecule has 0 aromatic heterocycles. The van der Waals surface area contributed by atoms with E-state index < -0.39 is 23.5 Å². The van der Waals surface area contributed by atoms with E-state index in [-0.39, 0.29) is 24.2 Å². The fraction of sp³-hybridized carbons (Fsp3) is 0.480. The third-order valence-electron chi connectivity index (χ3n) is 6.14. The molecule has 0 spiro atoms. The summed E-state index contributed by atoms with van der Waals surface area (Å²) in [5.74, 6) is 0.399. The van der Waals surface area contributed by atoms with Crippen LogP contribution in [-0.2, 0) is 10.3 Å². The minimum absolute atomic E-state index is 0.263. The number of halogens is 1. The summed E-state index contributed by atoms with van der Waals surface area (Å²) in [5, 5.41) is 22.1. The normalized spacial score (nSPS) is 22.7. The number of ether oxygens (including phenoxy) is 3. The number of fused-ring (bicyclic) bond motifs is 1. The molecule has 2 atom stereocenters. The van der Waals surface area contributed by atoms with Crippen LogP contribution in [0.3, 0.4) is 0 Å². The number of carbonyl (C=O) groups excluding carboxylic acids is 1. The second-order valence-electron chi connectivity index (χ2n) is 9.66. The molecule has 0 amide bonds. The maximum atomic E-state index is 13.2. The third-order valence-corrected chi connectivity index (χ3v) is 6.14. The van der Waals surface area contributed by atoms with Crippen molar-refractivity contribution >= 4 is 6.16 Å². The van der Waals surface area contributed by atoms with E-state index in [1.54, 1.807) is 51.1 Å². The van der Waals surface area contributed by atoms with E-state index in [9.17, 15) is 19.4 Å². The summed E-state index contributed by atoms with van der Waals surface area (Å²) in [6, 6.07) is 10.5. The Morgan fingerprint density at radius 2 is 1.82 bits per heavy atom. The molecule has 2 aliphatic rings. The smallest absolute Gasteiger partial charge is 0.491 e. The molecule has 0 unspecified atom stereocenters. The molecule has 2 aromatic carbocycles. The zero-order valence-electron chi connectivity index (χ0n) is 19.1. The highest BCUT2D eigenvalue weighted by Gasteiger charge is 2.40. The van der Waals surface area contributed by atoms with Crippen LogP contribution in [-0.4, -0.2) is 52.6 Å². The minimum atomic E-state index is -1.02. The van der Waals surface area contributed by atoms with Crippen LogP contribution in [0, 0.1) is 5.82 Å². The molecule has 0 saturated carbocycles. The van der Waals surface area contributed by atoms with E-state index >= 15 is 0 Å². The Hall–Kier alpha value is -2.68. The summed E-state index contributed by atoms with van der Waals surface area (Å²) in [6.07, 6.45) is -0.658. The van der Waals surface area contributed by atoms with Gasteiger partial charge in [-0.25, -0.2) is 9.18 Å². The lowest BCUT2D eigenvalue weighted by atomic mass is 9.83. The summed E-state index contributed by atoms with van der Waals surface area (Å²) < 4.78 is 29.5. The Morgan fingerprint density at radius 3 is 2.45 bits per heavy atom. The molecule has 0 aliphatic carbocycles. The summed E-state index contributed by atoms with van der Waals surface area (Å²) >= 11 is 0. The summed E-state index contributed by atoms with van der Waals surface area (Å²) in [7, 11) is 0. The maximum absolute atomic E-state index is 13.2. The number of aliphatic hydroxyl groups is 2. The number of likely N-dealkylation sites (tertiary alicyclic amines) is 1. The lowest BCUT2D eigenvalue weighted by Crippen LogP contribution is -2.52. The molecule has 7 nitrogen and oxygen atoms in total. The predicted octanol–water partition coefficient (Wildman–Crippen LogP) is 3.92. The summed E-state index contributed by atoms with van der Waals surface area (Å²) in [5.41, 5.74) is -0.368. The fourth-order valence-electron chi connectivity index (χ4n) is 4.37. The number of benzene rings is 2. The predicted molar refractivity (Wildman–Crippen MR) is 119 cm³/mol. The van der Waals surface area contributed by atoms with Gasteiger partial charge in [-0.3, -0.25) is 4.90 Å². The van der Waals surface area contributed by atoms with E-state index in [0.29, 0.717) is 42.8 Å². The number of piperidine rings is 1. The monoisotopic (exact) mass is 459 g/mol. The molecule has 1 fully saturated rings. The van der Waals surface area contributed by atoms with E-state index in [1.165, 1.54) is 12.1 Å². The third kappa shape index (κ3) is 5.29. The van der Waals surface area contributed by atoms with Gasteiger partial charge in [0.15, 0.2) is 0 Å². The Morgan fingerprint density at radius 1 is 1.15 bits per heavy atom. The average Bonchev–Trinajstić information content (AvgIpc) is 2.74. The first-order valence-corrected chi connectivity index (χ1v) is 11.1. The average molecular weight is 460 g/mol. The number of nitrogens with zero attached hydrogens (tertiary/aromatic N) is 1. The van der Waals surface area contributed by atoms with Crippen molar-refractivity contribution in [2.45, 2.75) is 57.0 Å². The van der Waals surface area contributed by atoms with E-state index in [4.69, 9.17) is 14.2 Å². The van der Waals surface area contributed by atoms with Crippen LogP contribution < -0.4 is 9.47 Å². The van der Waals surface area contributed by atoms with E-state index in [0.717, 1.165) is 0 Å².